The van der Waals surface area contributed by atoms with Gasteiger partial charge in [0.05, 0.1) is 0 Å². The first kappa shape index (κ1) is 15.6. The summed E-state index contributed by atoms with van der Waals surface area (Å²) in [6.45, 7) is 4.75. The minimum Gasteiger partial charge on any atom is -0.309 e. The summed E-state index contributed by atoms with van der Waals surface area (Å²) in [6.07, 6.45) is 0.911. The zero-order valence-electron chi connectivity index (χ0n) is 12.4. The van der Waals surface area contributed by atoms with Crippen LogP contribution < -0.4 is 5.32 Å². The van der Waals surface area contributed by atoms with Crippen LogP contribution in [0.5, 0.6) is 0 Å². The number of halogens is 2. The quantitative estimate of drug-likeness (QED) is 0.804. The standard InChI is InChI=1S/C18H21F2N/c1-3-12-21-18(13(2)14-8-5-4-6-9-14)17-15(19)10-7-11-16(17)20/h4-11,13,18,21H,3,12H2,1-2H3. The fraction of sp³-hybridized carbons (Fsp3) is 0.333. The van der Waals surface area contributed by atoms with E-state index in [4.69, 9.17) is 0 Å². The molecule has 1 nitrogen and oxygen atoms in total. The molecular formula is C18H21F2N. The van der Waals surface area contributed by atoms with Crippen molar-refractivity contribution in [2.24, 2.45) is 0 Å². The van der Waals surface area contributed by atoms with Crippen molar-refractivity contribution >= 4 is 0 Å². The molecule has 2 rings (SSSR count). The Balaban J connectivity index is 2.39. The summed E-state index contributed by atoms with van der Waals surface area (Å²) in [5, 5.41) is 3.29. The van der Waals surface area contributed by atoms with Crippen molar-refractivity contribution in [3.05, 3.63) is 71.3 Å². The number of benzene rings is 2. The smallest absolute Gasteiger partial charge is 0.130 e. The Bertz CT molecular complexity index is 548. The van der Waals surface area contributed by atoms with Crippen LogP contribution in [-0.2, 0) is 0 Å². The molecule has 0 heterocycles. The molecular weight excluding hydrogens is 268 g/mol. The van der Waals surface area contributed by atoms with Crippen molar-refractivity contribution in [1.82, 2.24) is 5.32 Å². The Morgan fingerprint density at radius 3 is 2.14 bits per heavy atom. The largest absolute Gasteiger partial charge is 0.309 e. The maximum atomic E-state index is 14.1. The van der Waals surface area contributed by atoms with Gasteiger partial charge in [-0.05, 0) is 30.7 Å². The second-order valence-corrected chi connectivity index (χ2v) is 5.27. The first-order valence-corrected chi connectivity index (χ1v) is 7.37. The predicted molar refractivity (Wildman–Crippen MR) is 82.2 cm³/mol. The normalized spacial score (nSPS) is 13.9. The molecule has 2 atom stereocenters. The molecule has 2 unspecified atom stereocenters. The topological polar surface area (TPSA) is 12.0 Å². The summed E-state index contributed by atoms with van der Waals surface area (Å²) in [4.78, 5) is 0. The van der Waals surface area contributed by atoms with Crippen LogP contribution in [0.25, 0.3) is 0 Å². The SMILES string of the molecule is CCCNC(c1c(F)cccc1F)C(C)c1ccccc1. The Morgan fingerprint density at radius 1 is 0.952 bits per heavy atom. The summed E-state index contributed by atoms with van der Waals surface area (Å²) in [5.74, 6) is -1.01. The highest BCUT2D eigenvalue weighted by Gasteiger charge is 2.25. The second kappa shape index (κ2) is 7.32. The first-order chi connectivity index (χ1) is 10.1. The lowest BCUT2D eigenvalue weighted by Gasteiger charge is -2.27. The molecule has 3 heteroatoms. The molecule has 0 saturated carbocycles. The van der Waals surface area contributed by atoms with E-state index in [1.807, 2.05) is 44.2 Å². The number of nitrogens with one attached hydrogen (secondary N) is 1. The van der Waals surface area contributed by atoms with Gasteiger partial charge in [-0.3, -0.25) is 0 Å². The molecule has 0 aromatic heterocycles. The lowest BCUT2D eigenvalue weighted by Crippen LogP contribution is -2.28. The van der Waals surface area contributed by atoms with E-state index >= 15 is 0 Å². The molecule has 0 aliphatic heterocycles. The van der Waals surface area contributed by atoms with Crippen molar-refractivity contribution < 1.29 is 8.78 Å². The van der Waals surface area contributed by atoms with Gasteiger partial charge in [0.1, 0.15) is 11.6 Å². The van der Waals surface area contributed by atoms with Gasteiger partial charge in [0, 0.05) is 17.5 Å². The van der Waals surface area contributed by atoms with Gasteiger partial charge in [-0.1, -0.05) is 50.2 Å². The minimum atomic E-state index is -0.494. The van der Waals surface area contributed by atoms with Gasteiger partial charge in [0.25, 0.3) is 0 Å². The van der Waals surface area contributed by atoms with E-state index in [9.17, 15) is 8.78 Å². The highest BCUT2D eigenvalue weighted by atomic mass is 19.1. The average Bonchev–Trinajstić information content (AvgIpc) is 2.50. The highest BCUT2D eigenvalue weighted by Crippen LogP contribution is 2.33. The molecule has 0 bridgehead atoms. The zero-order valence-corrected chi connectivity index (χ0v) is 12.4. The van der Waals surface area contributed by atoms with Crippen molar-refractivity contribution in [3.63, 3.8) is 0 Å². The third kappa shape index (κ3) is 3.67. The van der Waals surface area contributed by atoms with Gasteiger partial charge >= 0.3 is 0 Å². The number of hydrogen-bond acceptors (Lipinski definition) is 1. The van der Waals surface area contributed by atoms with Crippen LogP contribution >= 0.6 is 0 Å². The van der Waals surface area contributed by atoms with E-state index in [0.29, 0.717) is 0 Å². The summed E-state index contributed by atoms with van der Waals surface area (Å²) >= 11 is 0. The molecule has 0 spiro atoms. The average molecular weight is 289 g/mol. The van der Waals surface area contributed by atoms with Crippen LogP contribution in [0.1, 0.15) is 43.4 Å². The lowest BCUT2D eigenvalue weighted by molar-refractivity contribution is 0.423. The Kier molecular flexibility index (Phi) is 5.45. The molecule has 0 amide bonds. The highest BCUT2D eigenvalue weighted by molar-refractivity contribution is 5.29. The molecule has 21 heavy (non-hydrogen) atoms. The van der Waals surface area contributed by atoms with Crippen LogP contribution in [0.3, 0.4) is 0 Å². The lowest BCUT2D eigenvalue weighted by atomic mass is 9.88. The van der Waals surface area contributed by atoms with Crippen molar-refractivity contribution in [2.45, 2.75) is 32.2 Å². The summed E-state index contributed by atoms with van der Waals surface area (Å²) in [5.41, 5.74) is 1.19. The van der Waals surface area contributed by atoms with E-state index in [0.717, 1.165) is 18.5 Å². The monoisotopic (exact) mass is 289 g/mol. The van der Waals surface area contributed by atoms with E-state index in [-0.39, 0.29) is 17.5 Å². The first-order valence-electron chi connectivity index (χ1n) is 7.37. The molecule has 112 valence electrons. The fourth-order valence-corrected chi connectivity index (χ4v) is 2.59. The molecule has 0 aliphatic carbocycles. The Hall–Kier alpha value is -1.74. The molecule has 0 aliphatic rings. The van der Waals surface area contributed by atoms with E-state index in [1.165, 1.54) is 18.2 Å². The molecule has 0 fully saturated rings. The van der Waals surface area contributed by atoms with Gasteiger partial charge in [-0.25, -0.2) is 8.78 Å². The van der Waals surface area contributed by atoms with Crippen LogP contribution in [0.4, 0.5) is 8.78 Å². The summed E-state index contributed by atoms with van der Waals surface area (Å²) in [7, 11) is 0. The number of hydrogen-bond donors (Lipinski definition) is 1. The zero-order chi connectivity index (χ0) is 15.2. The van der Waals surface area contributed by atoms with E-state index in [1.54, 1.807) is 0 Å². The van der Waals surface area contributed by atoms with Crippen molar-refractivity contribution in [2.75, 3.05) is 6.54 Å². The molecule has 0 radical (unpaired) electrons. The Morgan fingerprint density at radius 2 is 1.57 bits per heavy atom. The second-order valence-electron chi connectivity index (χ2n) is 5.27. The van der Waals surface area contributed by atoms with E-state index < -0.39 is 11.6 Å². The summed E-state index contributed by atoms with van der Waals surface area (Å²) in [6, 6.07) is 13.5. The van der Waals surface area contributed by atoms with Crippen LogP contribution in [0.15, 0.2) is 48.5 Å². The minimum absolute atomic E-state index is 0.0239. The van der Waals surface area contributed by atoms with Gasteiger partial charge < -0.3 is 5.32 Å². The summed E-state index contributed by atoms with van der Waals surface area (Å²) < 4.78 is 28.2. The Labute approximate surface area is 125 Å². The van der Waals surface area contributed by atoms with Crippen LogP contribution in [0.2, 0.25) is 0 Å². The van der Waals surface area contributed by atoms with Crippen molar-refractivity contribution in [3.8, 4) is 0 Å². The van der Waals surface area contributed by atoms with Gasteiger partial charge in [-0.2, -0.15) is 0 Å². The number of rotatable bonds is 6. The molecule has 0 saturated heterocycles. The van der Waals surface area contributed by atoms with E-state index in [2.05, 4.69) is 5.32 Å². The van der Waals surface area contributed by atoms with Gasteiger partial charge in [0.2, 0.25) is 0 Å². The predicted octanol–water partition coefficient (Wildman–Crippen LogP) is 4.81. The maximum Gasteiger partial charge on any atom is 0.130 e. The fourth-order valence-electron chi connectivity index (χ4n) is 2.59. The van der Waals surface area contributed by atoms with Crippen LogP contribution in [-0.4, -0.2) is 6.54 Å². The maximum absolute atomic E-state index is 14.1. The van der Waals surface area contributed by atoms with Crippen molar-refractivity contribution in [1.29, 1.82) is 0 Å². The van der Waals surface area contributed by atoms with Crippen LogP contribution in [0, 0.1) is 11.6 Å². The third-order valence-electron chi connectivity index (χ3n) is 3.75. The van der Waals surface area contributed by atoms with Gasteiger partial charge in [-0.15, -0.1) is 0 Å². The molecule has 1 N–H and O–H groups in total. The molecule has 2 aromatic rings. The molecule has 2 aromatic carbocycles. The van der Waals surface area contributed by atoms with Gasteiger partial charge in [0.15, 0.2) is 0 Å². The third-order valence-corrected chi connectivity index (χ3v) is 3.75.